The van der Waals surface area contributed by atoms with Crippen molar-refractivity contribution < 1.29 is 4.79 Å². The first-order valence-electron chi connectivity index (χ1n) is 8.80. The number of anilines is 2. The van der Waals surface area contributed by atoms with Crippen LogP contribution in [0, 0.1) is 11.3 Å². The van der Waals surface area contributed by atoms with Gasteiger partial charge in [-0.15, -0.1) is 0 Å². The number of nitriles is 1. The maximum Gasteiger partial charge on any atom is 0.274 e. The molecule has 27 heavy (non-hydrogen) atoms. The van der Waals surface area contributed by atoms with Gasteiger partial charge < -0.3 is 10.6 Å². The minimum atomic E-state index is -0.282. The van der Waals surface area contributed by atoms with E-state index in [-0.39, 0.29) is 5.91 Å². The molecule has 134 valence electrons. The molecule has 2 aromatic carbocycles. The summed E-state index contributed by atoms with van der Waals surface area (Å²) in [6.45, 7) is 0.841. The van der Waals surface area contributed by atoms with Crippen LogP contribution in [-0.4, -0.2) is 17.4 Å². The van der Waals surface area contributed by atoms with Crippen molar-refractivity contribution in [3.8, 4) is 6.07 Å². The Labute approximate surface area is 158 Å². The number of benzene rings is 2. The number of carbonyl (C=O) groups is 1. The fourth-order valence-corrected chi connectivity index (χ4v) is 2.63. The van der Waals surface area contributed by atoms with E-state index >= 15 is 0 Å². The standard InChI is InChI=1S/C22H20N4O/c23-15-18-8-10-19(11-9-18)26-22(27)21-13-12-20(16-25-21)24-14-4-7-17-5-2-1-3-6-17/h1-3,5-6,8-13,16,24H,4,7,14H2,(H,26,27). The average molecular weight is 356 g/mol. The van der Waals surface area contributed by atoms with Crippen LogP contribution in [0.25, 0.3) is 0 Å². The first-order valence-corrected chi connectivity index (χ1v) is 8.80. The zero-order valence-electron chi connectivity index (χ0n) is 14.9. The molecule has 0 saturated heterocycles. The number of pyridine rings is 1. The number of hydrogen-bond donors (Lipinski definition) is 2. The lowest BCUT2D eigenvalue weighted by molar-refractivity contribution is 0.102. The van der Waals surface area contributed by atoms with Crippen molar-refractivity contribution in [3.05, 3.63) is 89.7 Å². The minimum absolute atomic E-state index is 0.282. The molecule has 0 aliphatic heterocycles. The molecule has 1 amide bonds. The molecule has 1 aromatic heterocycles. The van der Waals surface area contributed by atoms with Gasteiger partial charge in [0.15, 0.2) is 0 Å². The number of carbonyl (C=O) groups excluding carboxylic acids is 1. The Balaban J connectivity index is 1.47. The van der Waals surface area contributed by atoms with Crippen molar-refractivity contribution in [2.75, 3.05) is 17.2 Å². The maximum atomic E-state index is 12.2. The van der Waals surface area contributed by atoms with E-state index in [2.05, 4.69) is 27.8 Å². The summed E-state index contributed by atoms with van der Waals surface area (Å²) in [5, 5.41) is 14.9. The Kier molecular flexibility index (Phi) is 6.16. The average Bonchev–Trinajstić information content (AvgIpc) is 2.73. The van der Waals surface area contributed by atoms with Crippen molar-refractivity contribution in [1.82, 2.24) is 4.98 Å². The number of nitrogens with zero attached hydrogens (tertiary/aromatic N) is 2. The van der Waals surface area contributed by atoms with Gasteiger partial charge in [-0.3, -0.25) is 4.79 Å². The Morgan fingerprint density at radius 2 is 1.70 bits per heavy atom. The Bertz CT molecular complexity index is 913. The van der Waals surface area contributed by atoms with E-state index in [1.807, 2.05) is 30.3 Å². The maximum absolute atomic E-state index is 12.2. The van der Waals surface area contributed by atoms with Crippen molar-refractivity contribution in [2.45, 2.75) is 12.8 Å². The zero-order valence-corrected chi connectivity index (χ0v) is 14.9. The van der Waals surface area contributed by atoms with Crippen LogP contribution in [0.15, 0.2) is 72.9 Å². The highest BCUT2D eigenvalue weighted by atomic mass is 16.1. The number of amides is 1. The largest absolute Gasteiger partial charge is 0.384 e. The predicted octanol–water partition coefficient (Wildman–Crippen LogP) is 4.25. The van der Waals surface area contributed by atoms with Crippen LogP contribution in [0.4, 0.5) is 11.4 Å². The third-order valence-electron chi connectivity index (χ3n) is 4.08. The van der Waals surface area contributed by atoms with E-state index in [1.165, 1.54) is 5.56 Å². The van der Waals surface area contributed by atoms with Crippen LogP contribution in [0.2, 0.25) is 0 Å². The van der Waals surface area contributed by atoms with Crippen molar-refractivity contribution in [2.24, 2.45) is 0 Å². The Hall–Kier alpha value is -3.65. The van der Waals surface area contributed by atoms with Gasteiger partial charge in [-0.2, -0.15) is 5.26 Å². The Morgan fingerprint density at radius 3 is 2.37 bits per heavy atom. The molecule has 3 rings (SSSR count). The van der Waals surface area contributed by atoms with E-state index in [4.69, 9.17) is 5.26 Å². The molecule has 0 fully saturated rings. The summed E-state index contributed by atoms with van der Waals surface area (Å²) in [5.74, 6) is -0.282. The highest BCUT2D eigenvalue weighted by Gasteiger charge is 2.07. The zero-order chi connectivity index (χ0) is 18.9. The smallest absolute Gasteiger partial charge is 0.274 e. The molecule has 0 aliphatic carbocycles. The molecule has 5 heteroatoms. The molecule has 0 aliphatic rings. The molecule has 2 N–H and O–H groups in total. The lowest BCUT2D eigenvalue weighted by Crippen LogP contribution is -2.13. The summed E-state index contributed by atoms with van der Waals surface area (Å²) >= 11 is 0. The first kappa shape index (κ1) is 18.2. The number of rotatable bonds is 7. The highest BCUT2D eigenvalue weighted by molar-refractivity contribution is 6.02. The lowest BCUT2D eigenvalue weighted by Gasteiger charge is -2.08. The Morgan fingerprint density at radius 1 is 0.963 bits per heavy atom. The van der Waals surface area contributed by atoms with Gasteiger partial charge in [0.1, 0.15) is 5.69 Å². The molecule has 1 heterocycles. The second kappa shape index (κ2) is 9.16. The number of hydrogen-bond acceptors (Lipinski definition) is 4. The number of aromatic nitrogens is 1. The lowest BCUT2D eigenvalue weighted by atomic mass is 10.1. The molecule has 0 saturated carbocycles. The van der Waals surface area contributed by atoms with Gasteiger partial charge in [0.25, 0.3) is 5.91 Å². The van der Waals surface area contributed by atoms with Crippen molar-refractivity contribution in [3.63, 3.8) is 0 Å². The van der Waals surface area contributed by atoms with Crippen LogP contribution in [-0.2, 0) is 6.42 Å². The summed E-state index contributed by atoms with van der Waals surface area (Å²) in [7, 11) is 0. The van der Waals surface area contributed by atoms with Crippen LogP contribution < -0.4 is 10.6 Å². The van der Waals surface area contributed by atoms with Gasteiger partial charge in [-0.25, -0.2) is 4.98 Å². The van der Waals surface area contributed by atoms with Gasteiger partial charge in [0, 0.05) is 12.2 Å². The van der Waals surface area contributed by atoms with E-state index < -0.39 is 0 Å². The second-order valence-electron chi connectivity index (χ2n) is 6.09. The molecule has 0 radical (unpaired) electrons. The van der Waals surface area contributed by atoms with E-state index in [0.29, 0.717) is 16.9 Å². The van der Waals surface area contributed by atoms with Crippen LogP contribution in [0.1, 0.15) is 28.0 Å². The van der Waals surface area contributed by atoms with Crippen LogP contribution in [0.3, 0.4) is 0 Å². The number of aryl methyl sites for hydroxylation is 1. The van der Waals surface area contributed by atoms with Gasteiger partial charge in [-0.1, -0.05) is 30.3 Å². The molecule has 0 unspecified atom stereocenters. The van der Waals surface area contributed by atoms with Gasteiger partial charge >= 0.3 is 0 Å². The topological polar surface area (TPSA) is 77.8 Å². The molecule has 0 bridgehead atoms. The highest BCUT2D eigenvalue weighted by Crippen LogP contribution is 2.12. The van der Waals surface area contributed by atoms with E-state index in [1.54, 1.807) is 36.5 Å². The van der Waals surface area contributed by atoms with E-state index in [0.717, 1.165) is 25.1 Å². The summed E-state index contributed by atoms with van der Waals surface area (Å²) < 4.78 is 0. The molecular formula is C22H20N4O. The van der Waals surface area contributed by atoms with E-state index in [9.17, 15) is 4.79 Å². The summed E-state index contributed by atoms with van der Waals surface area (Å²) in [4.78, 5) is 16.5. The quantitative estimate of drug-likeness (QED) is 0.620. The van der Waals surface area contributed by atoms with Crippen LogP contribution >= 0.6 is 0 Å². The molecule has 0 spiro atoms. The summed E-state index contributed by atoms with van der Waals surface area (Å²) in [6.07, 6.45) is 3.70. The summed E-state index contributed by atoms with van der Waals surface area (Å²) in [5.41, 5.74) is 3.73. The first-order chi connectivity index (χ1) is 13.2. The summed E-state index contributed by atoms with van der Waals surface area (Å²) in [6, 6.07) is 22.7. The minimum Gasteiger partial charge on any atom is -0.384 e. The molecule has 5 nitrogen and oxygen atoms in total. The third kappa shape index (κ3) is 5.41. The monoisotopic (exact) mass is 356 g/mol. The van der Waals surface area contributed by atoms with Gasteiger partial charge in [-0.05, 0) is 54.8 Å². The fraction of sp³-hybridized carbons (Fsp3) is 0.136. The fourth-order valence-electron chi connectivity index (χ4n) is 2.63. The number of nitrogens with one attached hydrogen (secondary N) is 2. The van der Waals surface area contributed by atoms with Gasteiger partial charge in [0.05, 0.1) is 23.5 Å². The third-order valence-corrected chi connectivity index (χ3v) is 4.08. The van der Waals surface area contributed by atoms with Gasteiger partial charge in [0.2, 0.25) is 0 Å². The predicted molar refractivity (Wildman–Crippen MR) is 107 cm³/mol. The normalized spacial score (nSPS) is 10.0. The molecule has 3 aromatic rings. The molecular weight excluding hydrogens is 336 g/mol. The van der Waals surface area contributed by atoms with Crippen molar-refractivity contribution in [1.29, 1.82) is 5.26 Å². The van der Waals surface area contributed by atoms with Crippen LogP contribution in [0.5, 0.6) is 0 Å². The van der Waals surface area contributed by atoms with Crippen molar-refractivity contribution >= 4 is 17.3 Å². The SMILES string of the molecule is N#Cc1ccc(NC(=O)c2ccc(NCCCc3ccccc3)cn2)cc1. The molecule has 0 atom stereocenters. The second-order valence-corrected chi connectivity index (χ2v) is 6.09.